The molecular formula is C11H11ClO4. The average Bonchev–Trinajstić information content (AvgIpc) is 2.30. The molecule has 2 atom stereocenters. The fraction of sp³-hybridized carbons (Fsp3) is 0.364. The molecule has 5 heteroatoms. The van der Waals surface area contributed by atoms with Gasteiger partial charge in [0.1, 0.15) is 6.10 Å². The molecule has 0 aromatic heterocycles. The van der Waals surface area contributed by atoms with Crippen molar-refractivity contribution in [3.05, 3.63) is 34.9 Å². The number of rotatable bonds is 2. The van der Waals surface area contributed by atoms with Crippen LogP contribution in [-0.2, 0) is 14.3 Å². The van der Waals surface area contributed by atoms with Crippen molar-refractivity contribution in [1.29, 1.82) is 0 Å². The van der Waals surface area contributed by atoms with Crippen LogP contribution in [0.2, 0.25) is 5.02 Å². The molecule has 0 amide bonds. The van der Waals surface area contributed by atoms with E-state index in [1.165, 1.54) is 0 Å². The first-order chi connectivity index (χ1) is 7.68. The van der Waals surface area contributed by atoms with Gasteiger partial charge in [-0.05, 0) is 17.7 Å². The number of hydrogen-bond donors (Lipinski definition) is 1. The van der Waals surface area contributed by atoms with Gasteiger partial charge in [0.05, 0.1) is 13.2 Å². The van der Waals surface area contributed by atoms with Crippen molar-refractivity contribution in [3.63, 3.8) is 0 Å². The topological polar surface area (TPSA) is 55.8 Å². The maximum Gasteiger partial charge on any atom is 0.335 e. The van der Waals surface area contributed by atoms with E-state index in [-0.39, 0.29) is 0 Å². The lowest BCUT2D eigenvalue weighted by Gasteiger charge is -2.29. The fourth-order valence-corrected chi connectivity index (χ4v) is 1.78. The minimum absolute atomic E-state index is 0.307. The number of ether oxygens (including phenoxy) is 2. The molecule has 16 heavy (non-hydrogen) atoms. The first-order valence-electron chi connectivity index (χ1n) is 4.90. The maximum absolute atomic E-state index is 11.0. The third-order valence-corrected chi connectivity index (χ3v) is 2.65. The van der Waals surface area contributed by atoms with Gasteiger partial charge in [-0.2, -0.15) is 0 Å². The number of carboxylic acids is 1. The molecule has 0 saturated carbocycles. The second-order valence-electron chi connectivity index (χ2n) is 3.47. The quantitative estimate of drug-likeness (QED) is 0.860. The zero-order valence-corrected chi connectivity index (χ0v) is 9.18. The third kappa shape index (κ3) is 2.35. The maximum atomic E-state index is 11.0. The normalized spacial score (nSPS) is 25.3. The standard InChI is InChI=1S/C11H11ClO4/c12-8-3-1-7(2-4-8)9-10(11(13)14)16-6-5-15-9/h1-4,9-10H,5-6H2,(H,13,14)/t9-,10+/m0/s1. The number of carbonyl (C=O) groups is 1. The second-order valence-corrected chi connectivity index (χ2v) is 3.91. The van der Waals surface area contributed by atoms with Gasteiger partial charge in [0.25, 0.3) is 0 Å². The highest BCUT2D eigenvalue weighted by Gasteiger charge is 2.34. The molecule has 1 saturated heterocycles. The van der Waals surface area contributed by atoms with Gasteiger partial charge in [-0.25, -0.2) is 4.79 Å². The Labute approximate surface area is 97.7 Å². The average molecular weight is 243 g/mol. The van der Waals surface area contributed by atoms with Gasteiger partial charge in [0.15, 0.2) is 6.10 Å². The van der Waals surface area contributed by atoms with Crippen molar-refractivity contribution < 1.29 is 19.4 Å². The van der Waals surface area contributed by atoms with Crippen LogP contribution in [0.15, 0.2) is 24.3 Å². The van der Waals surface area contributed by atoms with E-state index in [2.05, 4.69) is 0 Å². The van der Waals surface area contributed by atoms with E-state index in [4.69, 9.17) is 26.2 Å². The monoisotopic (exact) mass is 242 g/mol. The van der Waals surface area contributed by atoms with Crippen LogP contribution in [0.1, 0.15) is 11.7 Å². The van der Waals surface area contributed by atoms with Crippen LogP contribution in [0, 0.1) is 0 Å². The molecule has 1 fully saturated rings. The number of benzene rings is 1. The summed E-state index contributed by atoms with van der Waals surface area (Å²) in [4.78, 5) is 11.0. The largest absolute Gasteiger partial charge is 0.479 e. The fourth-order valence-electron chi connectivity index (χ4n) is 1.65. The molecule has 0 spiro atoms. The molecule has 1 aromatic carbocycles. The van der Waals surface area contributed by atoms with Gasteiger partial charge in [0.2, 0.25) is 0 Å². The minimum Gasteiger partial charge on any atom is -0.479 e. The third-order valence-electron chi connectivity index (χ3n) is 2.40. The molecule has 0 aliphatic carbocycles. The molecular weight excluding hydrogens is 232 g/mol. The lowest BCUT2D eigenvalue weighted by molar-refractivity contribution is -0.181. The van der Waals surface area contributed by atoms with E-state index in [9.17, 15) is 4.79 Å². The zero-order valence-electron chi connectivity index (χ0n) is 8.43. The number of hydrogen-bond acceptors (Lipinski definition) is 3. The molecule has 0 unspecified atom stereocenters. The summed E-state index contributed by atoms with van der Waals surface area (Å²) >= 11 is 5.76. The predicted molar refractivity (Wildman–Crippen MR) is 57.5 cm³/mol. The lowest BCUT2D eigenvalue weighted by atomic mass is 10.0. The van der Waals surface area contributed by atoms with Crippen LogP contribution >= 0.6 is 11.6 Å². The van der Waals surface area contributed by atoms with Crippen molar-refractivity contribution in [3.8, 4) is 0 Å². The van der Waals surface area contributed by atoms with E-state index >= 15 is 0 Å². The molecule has 0 radical (unpaired) electrons. The van der Waals surface area contributed by atoms with Gasteiger partial charge in [0, 0.05) is 5.02 Å². The summed E-state index contributed by atoms with van der Waals surface area (Å²) in [6.07, 6.45) is -1.52. The second kappa shape index (κ2) is 4.82. The molecule has 1 N–H and O–H groups in total. The van der Waals surface area contributed by atoms with E-state index in [1.807, 2.05) is 0 Å². The molecule has 1 heterocycles. The highest BCUT2D eigenvalue weighted by atomic mass is 35.5. The Bertz CT molecular complexity index is 376. The van der Waals surface area contributed by atoms with Crippen molar-refractivity contribution in [2.24, 2.45) is 0 Å². The van der Waals surface area contributed by atoms with Crippen molar-refractivity contribution in [1.82, 2.24) is 0 Å². The Balaban J connectivity index is 2.23. The SMILES string of the molecule is O=C(O)[C@@H]1OCCO[C@H]1c1ccc(Cl)cc1. The Kier molecular flexibility index (Phi) is 3.43. The highest BCUT2D eigenvalue weighted by Crippen LogP contribution is 2.27. The van der Waals surface area contributed by atoms with Crippen LogP contribution in [0.3, 0.4) is 0 Å². The van der Waals surface area contributed by atoms with Crippen LogP contribution in [-0.4, -0.2) is 30.4 Å². The molecule has 86 valence electrons. The van der Waals surface area contributed by atoms with E-state index < -0.39 is 18.2 Å². The molecule has 1 aliphatic heterocycles. The molecule has 1 aliphatic rings. The van der Waals surface area contributed by atoms with Gasteiger partial charge >= 0.3 is 5.97 Å². The van der Waals surface area contributed by atoms with Gasteiger partial charge in [-0.15, -0.1) is 0 Å². The summed E-state index contributed by atoms with van der Waals surface area (Å²) in [5, 5.41) is 9.60. The number of carboxylic acid groups (broad SMARTS) is 1. The number of halogens is 1. The van der Waals surface area contributed by atoms with E-state index in [1.54, 1.807) is 24.3 Å². The van der Waals surface area contributed by atoms with Crippen molar-refractivity contribution in [2.45, 2.75) is 12.2 Å². The van der Waals surface area contributed by atoms with Crippen LogP contribution < -0.4 is 0 Å². The first kappa shape index (κ1) is 11.4. The smallest absolute Gasteiger partial charge is 0.335 e. The molecule has 2 rings (SSSR count). The van der Waals surface area contributed by atoms with E-state index in [0.717, 1.165) is 5.56 Å². The summed E-state index contributed by atoms with van der Waals surface area (Å²) in [7, 11) is 0. The molecule has 1 aromatic rings. The van der Waals surface area contributed by atoms with Crippen molar-refractivity contribution in [2.75, 3.05) is 13.2 Å². The first-order valence-corrected chi connectivity index (χ1v) is 5.28. The Morgan fingerprint density at radius 1 is 1.25 bits per heavy atom. The Hall–Kier alpha value is -1.10. The van der Waals surface area contributed by atoms with Crippen LogP contribution in [0.25, 0.3) is 0 Å². The lowest BCUT2D eigenvalue weighted by Crippen LogP contribution is -2.38. The van der Waals surface area contributed by atoms with Crippen molar-refractivity contribution >= 4 is 17.6 Å². The summed E-state index contributed by atoms with van der Waals surface area (Å²) in [6.45, 7) is 0.706. The van der Waals surface area contributed by atoms with Gasteiger partial charge in [-0.1, -0.05) is 23.7 Å². The van der Waals surface area contributed by atoms with Gasteiger partial charge < -0.3 is 14.6 Å². The van der Waals surface area contributed by atoms with E-state index in [0.29, 0.717) is 18.2 Å². The highest BCUT2D eigenvalue weighted by molar-refractivity contribution is 6.30. The molecule has 4 nitrogen and oxygen atoms in total. The van der Waals surface area contributed by atoms with Gasteiger partial charge in [-0.3, -0.25) is 0 Å². The summed E-state index contributed by atoms with van der Waals surface area (Å²) in [5.74, 6) is -1.01. The zero-order chi connectivity index (χ0) is 11.5. The minimum atomic E-state index is -1.01. The predicted octanol–water partition coefficient (Wildman–Crippen LogP) is 1.88. The summed E-state index contributed by atoms with van der Waals surface area (Å²) in [5.41, 5.74) is 0.761. The number of aliphatic carboxylic acids is 1. The van der Waals surface area contributed by atoms with Crippen LogP contribution in [0.5, 0.6) is 0 Å². The summed E-state index contributed by atoms with van der Waals surface area (Å²) < 4.78 is 10.6. The summed E-state index contributed by atoms with van der Waals surface area (Å²) in [6, 6.07) is 6.90. The Morgan fingerprint density at radius 2 is 1.88 bits per heavy atom. The molecule has 0 bridgehead atoms. The van der Waals surface area contributed by atoms with Crippen LogP contribution in [0.4, 0.5) is 0 Å². The Morgan fingerprint density at radius 3 is 2.50 bits per heavy atom.